The van der Waals surface area contributed by atoms with Gasteiger partial charge in [0.05, 0.1) is 30.0 Å². The summed E-state index contributed by atoms with van der Waals surface area (Å²) in [7, 11) is 1.43. The number of hydrogen-bond acceptors (Lipinski definition) is 3. The van der Waals surface area contributed by atoms with Crippen LogP contribution in [0.3, 0.4) is 0 Å². The van der Waals surface area contributed by atoms with Crippen molar-refractivity contribution >= 4 is 17.6 Å². The summed E-state index contributed by atoms with van der Waals surface area (Å²) in [4.78, 5) is 25.0. The van der Waals surface area contributed by atoms with Crippen LogP contribution in [0.5, 0.6) is 5.75 Å². The van der Waals surface area contributed by atoms with E-state index in [1.807, 2.05) is 0 Å². The summed E-state index contributed by atoms with van der Waals surface area (Å²) in [5.74, 6) is -0.277. The number of alkyl halides is 3. The van der Waals surface area contributed by atoms with Gasteiger partial charge in [-0.15, -0.1) is 0 Å². The lowest BCUT2D eigenvalue weighted by atomic mass is 9.91. The number of amides is 3. The lowest BCUT2D eigenvalue weighted by Crippen LogP contribution is -2.46. The first-order chi connectivity index (χ1) is 13.7. The van der Waals surface area contributed by atoms with Gasteiger partial charge in [-0.2, -0.15) is 13.2 Å². The number of urea groups is 1. The van der Waals surface area contributed by atoms with Crippen LogP contribution >= 0.6 is 0 Å². The van der Waals surface area contributed by atoms with Crippen LogP contribution < -0.4 is 20.7 Å². The van der Waals surface area contributed by atoms with Crippen molar-refractivity contribution in [3.05, 3.63) is 70.9 Å². The second-order valence-corrected chi connectivity index (χ2v) is 6.31. The zero-order valence-electron chi connectivity index (χ0n) is 15.6. The van der Waals surface area contributed by atoms with E-state index in [2.05, 4.69) is 16.0 Å². The van der Waals surface area contributed by atoms with Gasteiger partial charge in [0.25, 0.3) is 5.91 Å². The molecule has 29 heavy (non-hydrogen) atoms. The second-order valence-electron chi connectivity index (χ2n) is 6.31. The Hall–Kier alpha value is -3.49. The molecule has 0 aliphatic carbocycles. The Morgan fingerprint density at radius 3 is 2.45 bits per heavy atom. The van der Waals surface area contributed by atoms with E-state index in [0.717, 1.165) is 6.07 Å². The van der Waals surface area contributed by atoms with Gasteiger partial charge in [0, 0.05) is 5.70 Å². The minimum Gasteiger partial charge on any atom is -0.495 e. The second kappa shape index (κ2) is 7.86. The number of anilines is 1. The maximum Gasteiger partial charge on any atom is 0.416 e. The highest BCUT2D eigenvalue weighted by Gasteiger charge is 2.39. The average molecular weight is 405 g/mol. The van der Waals surface area contributed by atoms with Crippen molar-refractivity contribution in [2.75, 3.05) is 12.4 Å². The first-order valence-electron chi connectivity index (χ1n) is 8.61. The minimum atomic E-state index is -4.65. The molecule has 3 N–H and O–H groups in total. The largest absolute Gasteiger partial charge is 0.495 e. The normalized spacial score (nSPS) is 16.7. The number of allylic oxidation sites excluding steroid dienone is 1. The van der Waals surface area contributed by atoms with Crippen molar-refractivity contribution in [2.45, 2.75) is 19.1 Å². The molecule has 6 nitrogen and oxygen atoms in total. The highest BCUT2D eigenvalue weighted by molar-refractivity contribution is 6.07. The van der Waals surface area contributed by atoms with Crippen molar-refractivity contribution in [2.24, 2.45) is 0 Å². The van der Waals surface area contributed by atoms with Gasteiger partial charge in [0.1, 0.15) is 5.75 Å². The Bertz CT molecular complexity index is 986. The molecule has 0 aromatic heterocycles. The van der Waals surface area contributed by atoms with Crippen molar-refractivity contribution in [3.63, 3.8) is 0 Å². The van der Waals surface area contributed by atoms with E-state index in [-0.39, 0.29) is 16.8 Å². The number of nitrogens with one attached hydrogen (secondary N) is 3. The predicted octanol–water partition coefficient (Wildman–Crippen LogP) is 3.98. The third-order valence-corrected chi connectivity index (χ3v) is 4.45. The number of ether oxygens (including phenoxy) is 1. The van der Waals surface area contributed by atoms with Gasteiger partial charge >= 0.3 is 12.2 Å². The lowest BCUT2D eigenvalue weighted by Gasteiger charge is -2.30. The third kappa shape index (κ3) is 4.18. The zero-order chi connectivity index (χ0) is 21.2. The molecule has 0 saturated heterocycles. The fourth-order valence-electron chi connectivity index (χ4n) is 3.17. The Morgan fingerprint density at radius 1 is 1.10 bits per heavy atom. The van der Waals surface area contributed by atoms with Gasteiger partial charge < -0.3 is 20.7 Å². The predicted molar refractivity (Wildman–Crippen MR) is 100 cm³/mol. The number of carbonyl (C=O) groups is 2. The summed E-state index contributed by atoms with van der Waals surface area (Å²) in [5.41, 5.74) is -0.683. The van der Waals surface area contributed by atoms with Crippen LogP contribution in [0.4, 0.5) is 23.7 Å². The summed E-state index contributed by atoms with van der Waals surface area (Å²) in [6.45, 7) is 1.46. The van der Waals surface area contributed by atoms with E-state index in [1.165, 1.54) is 32.2 Å². The molecule has 1 aliphatic heterocycles. The quantitative estimate of drug-likeness (QED) is 0.720. The standard InChI is InChI=1S/C20H18F3N3O3/c1-11-16(18(27)25-14-9-5-6-10-15(14)29-2)17(26-19(28)24-11)12-7-3-4-8-13(12)20(21,22)23/h3-10,17H,1-2H3,(H,25,27)(H2,24,26,28). The fourth-order valence-corrected chi connectivity index (χ4v) is 3.17. The SMILES string of the molecule is COc1ccccc1NC(=O)C1=C(C)NC(=O)NC1c1ccccc1C(F)(F)F. The summed E-state index contributed by atoms with van der Waals surface area (Å²) >= 11 is 0. The molecular weight excluding hydrogens is 387 g/mol. The van der Waals surface area contributed by atoms with Crippen LogP contribution in [0.1, 0.15) is 24.1 Å². The van der Waals surface area contributed by atoms with Crippen LogP contribution in [0.15, 0.2) is 59.8 Å². The Balaban J connectivity index is 2.05. The molecule has 3 amide bonds. The van der Waals surface area contributed by atoms with Crippen LogP contribution in [0.2, 0.25) is 0 Å². The van der Waals surface area contributed by atoms with Crippen molar-refractivity contribution < 1.29 is 27.5 Å². The molecule has 3 rings (SSSR count). The molecular formula is C20H18F3N3O3. The third-order valence-electron chi connectivity index (χ3n) is 4.45. The maximum atomic E-state index is 13.5. The van der Waals surface area contributed by atoms with Crippen LogP contribution in [0.25, 0.3) is 0 Å². The summed E-state index contributed by atoms with van der Waals surface area (Å²) in [6.07, 6.45) is -4.65. The number of hydrogen-bond donors (Lipinski definition) is 3. The molecule has 0 bridgehead atoms. The molecule has 0 radical (unpaired) electrons. The number of methoxy groups -OCH3 is 1. The van der Waals surface area contributed by atoms with E-state index in [4.69, 9.17) is 4.74 Å². The number of halogens is 3. The molecule has 0 saturated carbocycles. The van der Waals surface area contributed by atoms with Gasteiger partial charge in [0.15, 0.2) is 0 Å². The van der Waals surface area contributed by atoms with Gasteiger partial charge in [0.2, 0.25) is 0 Å². The molecule has 152 valence electrons. The monoisotopic (exact) mass is 405 g/mol. The molecule has 1 aliphatic rings. The number of rotatable bonds is 4. The Kier molecular flexibility index (Phi) is 5.49. The molecule has 0 spiro atoms. The van der Waals surface area contributed by atoms with E-state index in [1.54, 1.807) is 24.3 Å². The van der Waals surface area contributed by atoms with Gasteiger partial charge in [-0.05, 0) is 30.7 Å². The minimum absolute atomic E-state index is 0.0350. The first kappa shape index (κ1) is 20.2. The van der Waals surface area contributed by atoms with Gasteiger partial charge in [-0.3, -0.25) is 4.79 Å². The molecule has 2 aromatic rings. The molecule has 9 heteroatoms. The average Bonchev–Trinajstić information content (AvgIpc) is 2.67. The first-order valence-corrected chi connectivity index (χ1v) is 8.61. The smallest absolute Gasteiger partial charge is 0.416 e. The van der Waals surface area contributed by atoms with Crippen molar-refractivity contribution in [1.82, 2.24) is 10.6 Å². The number of para-hydroxylation sites is 2. The zero-order valence-corrected chi connectivity index (χ0v) is 15.6. The summed E-state index contributed by atoms with van der Waals surface area (Å²) in [5, 5.41) is 7.50. The lowest BCUT2D eigenvalue weighted by molar-refractivity contribution is -0.138. The van der Waals surface area contributed by atoms with Gasteiger partial charge in [-0.1, -0.05) is 30.3 Å². The van der Waals surface area contributed by atoms with E-state index in [0.29, 0.717) is 11.4 Å². The summed E-state index contributed by atoms with van der Waals surface area (Å²) < 4.78 is 45.7. The molecule has 1 heterocycles. The topological polar surface area (TPSA) is 79.5 Å². The van der Waals surface area contributed by atoms with E-state index >= 15 is 0 Å². The van der Waals surface area contributed by atoms with Gasteiger partial charge in [-0.25, -0.2) is 4.79 Å². The van der Waals surface area contributed by atoms with Crippen LogP contribution in [-0.4, -0.2) is 19.0 Å². The van der Waals surface area contributed by atoms with Crippen molar-refractivity contribution in [1.29, 1.82) is 0 Å². The van der Waals surface area contributed by atoms with E-state index in [9.17, 15) is 22.8 Å². The number of benzene rings is 2. The van der Waals surface area contributed by atoms with E-state index < -0.39 is 29.7 Å². The summed E-state index contributed by atoms with van der Waals surface area (Å²) in [6, 6.07) is 9.46. The highest BCUT2D eigenvalue weighted by atomic mass is 19.4. The molecule has 0 fully saturated rings. The van der Waals surface area contributed by atoms with Crippen LogP contribution in [-0.2, 0) is 11.0 Å². The Labute approximate surface area is 164 Å². The molecule has 1 atom stereocenters. The molecule has 1 unspecified atom stereocenters. The van der Waals surface area contributed by atoms with Crippen molar-refractivity contribution in [3.8, 4) is 5.75 Å². The Morgan fingerprint density at radius 2 is 1.76 bits per heavy atom. The number of carbonyl (C=O) groups excluding carboxylic acids is 2. The highest BCUT2D eigenvalue weighted by Crippen LogP contribution is 2.38. The fraction of sp³-hybridized carbons (Fsp3) is 0.200. The molecule has 2 aromatic carbocycles. The maximum absolute atomic E-state index is 13.5. The van der Waals surface area contributed by atoms with Crippen LogP contribution in [0, 0.1) is 0 Å².